The van der Waals surface area contributed by atoms with Crippen molar-refractivity contribution in [3.05, 3.63) is 21.1 Å². The van der Waals surface area contributed by atoms with Gasteiger partial charge >= 0.3 is 7.12 Å². The highest BCUT2D eigenvalue weighted by Crippen LogP contribution is 2.28. The number of thiophene rings is 1. The Morgan fingerprint density at radius 1 is 1.36 bits per heavy atom. The monoisotopic (exact) mass is 319 g/mol. The number of benzene rings is 1. The van der Waals surface area contributed by atoms with E-state index in [1.165, 1.54) is 11.3 Å². The second-order valence-electron chi connectivity index (χ2n) is 2.94. The first-order chi connectivity index (χ1) is 6.59. The molecule has 0 fully saturated rings. The minimum atomic E-state index is -1.44. The quantitative estimate of drug-likeness (QED) is 0.537. The van der Waals surface area contributed by atoms with Crippen LogP contribution < -0.4 is 11.2 Å². The van der Waals surface area contributed by atoms with Gasteiger partial charge in [0.05, 0.1) is 5.69 Å². The molecule has 3 nitrogen and oxygen atoms in total. The van der Waals surface area contributed by atoms with Crippen molar-refractivity contribution in [2.45, 2.75) is 0 Å². The van der Waals surface area contributed by atoms with Crippen molar-refractivity contribution in [3.63, 3.8) is 0 Å². The van der Waals surface area contributed by atoms with Crippen molar-refractivity contribution in [3.8, 4) is 0 Å². The van der Waals surface area contributed by atoms with Crippen LogP contribution in [0.4, 0.5) is 5.69 Å². The highest BCUT2D eigenvalue weighted by atomic mass is 127. The minimum absolute atomic E-state index is 0.522. The van der Waals surface area contributed by atoms with Crippen molar-refractivity contribution in [1.29, 1.82) is 0 Å². The number of nitrogen functional groups attached to an aromatic ring is 1. The lowest BCUT2D eigenvalue weighted by molar-refractivity contribution is 0.426. The second-order valence-corrected chi connectivity index (χ2v) is 5.06. The molecule has 0 atom stereocenters. The zero-order valence-corrected chi connectivity index (χ0v) is 10.0. The highest BCUT2D eigenvalue weighted by Gasteiger charge is 2.17. The summed E-state index contributed by atoms with van der Waals surface area (Å²) in [5.41, 5.74) is 6.97. The van der Waals surface area contributed by atoms with E-state index in [1.807, 2.05) is 11.4 Å². The summed E-state index contributed by atoms with van der Waals surface area (Å²) in [6.07, 6.45) is 0. The van der Waals surface area contributed by atoms with Crippen LogP contribution in [0.2, 0.25) is 0 Å². The Morgan fingerprint density at radius 2 is 2.07 bits per heavy atom. The Bertz CT molecular complexity index is 485. The highest BCUT2D eigenvalue weighted by molar-refractivity contribution is 14.1. The Labute approximate surface area is 98.8 Å². The van der Waals surface area contributed by atoms with Crippen LogP contribution in [0.3, 0.4) is 0 Å². The van der Waals surface area contributed by atoms with E-state index < -0.39 is 7.12 Å². The van der Waals surface area contributed by atoms with Gasteiger partial charge in [-0.15, -0.1) is 11.3 Å². The first-order valence-electron chi connectivity index (χ1n) is 3.92. The summed E-state index contributed by atoms with van der Waals surface area (Å²) >= 11 is 3.56. The standard InChI is InChI=1S/C8H7BINO2S/c10-4-1-5-7(11)3-14-8(5)6(2-4)9(12)13/h1-3,12-13H,11H2. The minimum Gasteiger partial charge on any atom is -0.423 e. The average Bonchev–Trinajstić information content (AvgIpc) is 2.47. The van der Waals surface area contributed by atoms with E-state index in [0.717, 1.165) is 13.7 Å². The third-order valence-electron chi connectivity index (χ3n) is 1.98. The summed E-state index contributed by atoms with van der Waals surface area (Å²) in [6.45, 7) is 0. The molecule has 14 heavy (non-hydrogen) atoms. The number of anilines is 1. The molecule has 0 spiro atoms. The number of hydrogen-bond acceptors (Lipinski definition) is 4. The molecule has 0 aliphatic carbocycles. The fourth-order valence-electron chi connectivity index (χ4n) is 1.34. The first kappa shape index (κ1) is 10.2. The first-order valence-corrected chi connectivity index (χ1v) is 5.87. The van der Waals surface area contributed by atoms with Gasteiger partial charge in [0.1, 0.15) is 0 Å². The van der Waals surface area contributed by atoms with Gasteiger partial charge in [-0.25, -0.2) is 0 Å². The number of halogens is 1. The molecule has 0 amide bonds. The van der Waals surface area contributed by atoms with Crippen molar-refractivity contribution in [2.75, 3.05) is 5.73 Å². The number of rotatable bonds is 1. The molecule has 1 aromatic heterocycles. The normalized spacial score (nSPS) is 10.8. The van der Waals surface area contributed by atoms with E-state index in [-0.39, 0.29) is 0 Å². The summed E-state index contributed by atoms with van der Waals surface area (Å²) in [5, 5.41) is 21.1. The van der Waals surface area contributed by atoms with Crippen molar-refractivity contribution in [2.24, 2.45) is 0 Å². The molecule has 0 saturated heterocycles. The Hall–Kier alpha value is -0.305. The summed E-state index contributed by atoms with van der Waals surface area (Å²) in [7, 11) is -1.44. The maximum absolute atomic E-state index is 9.17. The van der Waals surface area contributed by atoms with Crippen molar-refractivity contribution in [1.82, 2.24) is 0 Å². The summed E-state index contributed by atoms with van der Waals surface area (Å²) in [4.78, 5) is 0. The molecule has 0 saturated carbocycles. The van der Waals surface area contributed by atoms with Gasteiger partial charge in [-0.2, -0.15) is 0 Å². The average molecular weight is 319 g/mol. The number of fused-ring (bicyclic) bond motifs is 1. The topological polar surface area (TPSA) is 66.5 Å². The van der Waals surface area contributed by atoms with Gasteiger partial charge < -0.3 is 15.8 Å². The lowest BCUT2D eigenvalue weighted by Gasteiger charge is -2.02. The lowest BCUT2D eigenvalue weighted by atomic mass is 9.80. The van der Waals surface area contributed by atoms with Crippen LogP contribution in [0.1, 0.15) is 0 Å². The SMILES string of the molecule is Nc1csc2c(B(O)O)cc(I)cc12. The van der Waals surface area contributed by atoms with Crippen LogP contribution in [-0.2, 0) is 0 Å². The van der Waals surface area contributed by atoms with Crippen LogP contribution in [0, 0.1) is 3.57 Å². The zero-order chi connectivity index (χ0) is 10.3. The molecule has 6 heteroatoms. The summed E-state index contributed by atoms with van der Waals surface area (Å²) in [6, 6.07) is 3.69. The fraction of sp³-hybridized carbons (Fsp3) is 0. The molecule has 0 aliphatic rings. The van der Waals surface area contributed by atoms with Crippen molar-refractivity contribution >= 4 is 62.3 Å². The fourth-order valence-corrected chi connectivity index (χ4v) is 2.96. The molecule has 0 radical (unpaired) electrons. The molecule has 0 bridgehead atoms. The van der Waals surface area contributed by atoms with Crippen LogP contribution in [0.5, 0.6) is 0 Å². The Morgan fingerprint density at radius 3 is 2.71 bits per heavy atom. The summed E-state index contributed by atoms with van der Waals surface area (Å²) in [5.74, 6) is 0. The van der Waals surface area contributed by atoms with Gasteiger partial charge in [-0.05, 0) is 34.7 Å². The van der Waals surface area contributed by atoms with Gasteiger partial charge in [0.2, 0.25) is 0 Å². The van der Waals surface area contributed by atoms with Crippen LogP contribution in [0.15, 0.2) is 17.5 Å². The maximum Gasteiger partial charge on any atom is 0.489 e. The predicted molar refractivity (Wildman–Crippen MR) is 68.8 cm³/mol. The lowest BCUT2D eigenvalue weighted by Crippen LogP contribution is -2.30. The zero-order valence-electron chi connectivity index (χ0n) is 7.07. The van der Waals surface area contributed by atoms with Crippen LogP contribution in [-0.4, -0.2) is 17.2 Å². The molecule has 72 valence electrons. The van der Waals surface area contributed by atoms with E-state index in [4.69, 9.17) is 5.73 Å². The molecule has 0 unspecified atom stereocenters. The molecule has 0 aliphatic heterocycles. The van der Waals surface area contributed by atoms with E-state index in [0.29, 0.717) is 11.2 Å². The van der Waals surface area contributed by atoms with Gasteiger partial charge in [-0.1, -0.05) is 0 Å². The molecule has 1 aromatic carbocycles. The molecular formula is C8H7BINO2S. The van der Waals surface area contributed by atoms with E-state index in [2.05, 4.69) is 22.6 Å². The Kier molecular flexibility index (Phi) is 2.69. The molecule has 1 heterocycles. The molecule has 2 rings (SSSR count). The van der Waals surface area contributed by atoms with E-state index >= 15 is 0 Å². The Balaban J connectivity index is 2.82. The second kappa shape index (κ2) is 3.69. The number of nitrogens with two attached hydrogens (primary N) is 1. The van der Waals surface area contributed by atoms with Gasteiger partial charge in [0, 0.05) is 24.5 Å². The van der Waals surface area contributed by atoms with E-state index in [9.17, 15) is 10.0 Å². The third kappa shape index (κ3) is 1.62. The third-order valence-corrected chi connectivity index (χ3v) is 3.66. The maximum atomic E-state index is 9.17. The number of hydrogen-bond donors (Lipinski definition) is 3. The smallest absolute Gasteiger partial charge is 0.423 e. The van der Waals surface area contributed by atoms with Crippen molar-refractivity contribution < 1.29 is 10.0 Å². The molecular weight excluding hydrogens is 312 g/mol. The summed E-state index contributed by atoms with van der Waals surface area (Å²) < 4.78 is 1.79. The molecule has 2 aromatic rings. The van der Waals surface area contributed by atoms with E-state index in [1.54, 1.807) is 6.07 Å². The van der Waals surface area contributed by atoms with Gasteiger partial charge in [-0.3, -0.25) is 0 Å². The van der Waals surface area contributed by atoms with Gasteiger partial charge in [0.15, 0.2) is 0 Å². The van der Waals surface area contributed by atoms with Gasteiger partial charge in [0.25, 0.3) is 0 Å². The van der Waals surface area contributed by atoms with Crippen LogP contribution >= 0.6 is 33.9 Å². The molecule has 4 N–H and O–H groups in total. The largest absolute Gasteiger partial charge is 0.489 e. The predicted octanol–water partition coefficient (Wildman–Crippen LogP) is 0.768. The van der Waals surface area contributed by atoms with Crippen LogP contribution in [0.25, 0.3) is 10.1 Å².